The number of benzene rings is 2. The lowest BCUT2D eigenvalue weighted by Crippen LogP contribution is -2.47. The molecule has 0 aliphatic heterocycles. The van der Waals surface area contributed by atoms with Crippen LogP contribution in [0.3, 0.4) is 0 Å². The van der Waals surface area contributed by atoms with Gasteiger partial charge in [0, 0.05) is 8.95 Å². The maximum absolute atomic E-state index is 12.1. The molecule has 24 heavy (non-hydrogen) atoms. The second-order valence-electron chi connectivity index (χ2n) is 4.78. The van der Waals surface area contributed by atoms with Crippen molar-refractivity contribution >= 4 is 55.3 Å². The Labute approximate surface area is 160 Å². The van der Waals surface area contributed by atoms with Gasteiger partial charge in [-0.2, -0.15) is 0 Å². The smallest absolute Gasteiger partial charge is 0.279 e. The lowest BCUT2D eigenvalue weighted by Gasteiger charge is -2.15. The van der Waals surface area contributed by atoms with Crippen molar-refractivity contribution in [1.29, 1.82) is 0 Å². The first-order chi connectivity index (χ1) is 11.4. The van der Waals surface area contributed by atoms with Gasteiger partial charge in [0.15, 0.2) is 6.10 Å². The number of ether oxygens (including phenoxy) is 1. The maximum atomic E-state index is 12.1. The van der Waals surface area contributed by atoms with Gasteiger partial charge in [-0.05, 0) is 43.3 Å². The molecule has 0 aliphatic carbocycles. The number of carbonyl (C=O) groups excluding carboxylic acids is 2. The van der Waals surface area contributed by atoms with Crippen LogP contribution in [0.25, 0.3) is 0 Å². The van der Waals surface area contributed by atoms with Gasteiger partial charge < -0.3 is 4.74 Å². The lowest BCUT2D eigenvalue weighted by atomic mass is 10.2. The van der Waals surface area contributed by atoms with Crippen molar-refractivity contribution in [2.45, 2.75) is 13.0 Å². The van der Waals surface area contributed by atoms with E-state index in [-0.39, 0.29) is 10.6 Å². The minimum absolute atomic E-state index is 0.243. The second-order valence-corrected chi connectivity index (χ2v) is 7.02. The molecule has 0 radical (unpaired) electrons. The van der Waals surface area contributed by atoms with Crippen molar-refractivity contribution in [3.8, 4) is 5.75 Å². The number of carbonyl (C=O) groups is 2. The largest absolute Gasteiger partial charge is 0.481 e. The molecule has 0 fully saturated rings. The summed E-state index contributed by atoms with van der Waals surface area (Å²) in [5.74, 6) is -0.480. The van der Waals surface area contributed by atoms with Gasteiger partial charge in [-0.25, -0.2) is 0 Å². The van der Waals surface area contributed by atoms with E-state index in [4.69, 9.17) is 16.3 Å². The minimum Gasteiger partial charge on any atom is -0.481 e. The molecule has 2 rings (SSSR count). The molecule has 126 valence electrons. The second kappa shape index (κ2) is 8.50. The summed E-state index contributed by atoms with van der Waals surface area (Å²) in [5, 5.41) is 0.281. The van der Waals surface area contributed by atoms with Crippen molar-refractivity contribution in [2.75, 3.05) is 0 Å². The summed E-state index contributed by atoms with van der Waals surface area (Å²) in [6, 6.07) is 12.0. The van der Waals surface area contributed by atoms with Crippen molar-refractivity contribution in [2.24, 2.45) is 0 Å². The zero-order chi connectivity index (χ0) is 17.7. The number of halogens is 3. The van der Waals surface area contributed by atoms with Gasteiger partial charge in [-0.15, -0.1) is 0 Å². The lowest BCUT2D eigenvalue weighted by molar-refractivity contribution is -0.128. The van der Waals surface area contributed by atoms with Gasteiger partial charge in [0.1, 0.15) is 5.75 Å². The summed E-state index contributed by atoms with van der Waals surface area (Å²) in [6.07, 6.45) is -0.794. The molecule has 0 saturated heterocycles. The topological polar surface area (TPSA) is 67.4 Å². The molecule has 2 amide bonds. The van der Waals surface area contributed by atoms with Crippen LogP contribution in [0.5, 0.6) is 5.75 Å². The highest BCUT2D eigenvalue weighted by molar-refractivity contribution is 9.10. The number of hydrogen-bond acceptors (Lipinski definition) is 3. The number of hydrazine groups is 1. The Morgan fingerprint density at radius 3 is 2.50 bits per heavy atom. The van der Waals surface area contributed by atoms with Gasteiger partial charge in [0.05, 0.1) is 10.6 Å². The van der Waals surface area contributed by atoms with E-state index in [9.17, 15) is 9.59 Å². The molecule has 1 atom stereocenters. The summed E-state index contributed by atoms with van der Waals surface area (Å²) in [7, 11) is 0. The monoisotopic (exact) mass is 474 g/mol. The molecule has 0 heterocycles. The van der Waals surface area contributed by atoms with Crippen molar-refractivity contribution in [1.82, 2.24) is 10.9 Å². The predicted octanol–water partition coefficient (Wildman–Crippen LogP) is 4.09. The van der Waals surface area contributed by atoms with E-state index in [1.165, 1.54) is 0 Å². The average Bonchev–Trinajstić information content (AvgIpc) is 2.54. The Morgan fingerprint density at radius 2 is 1.79 bits per heavy atom. The molecular formula is C16H13Br2ClN2O3. The third-order valence-corrected chi connectivity index (χ3v) is 4.27. The molecule has 0 spiro atoms. The molecule has 5 nitrogen and oxygen atoms in total. The van der Waals surface area contributed by atoms with Crippen molar-refractivity contribution < 1.29 is 14.3 Å². The molecule has 8 heteroatoms. The van der Waals surface area contributed by atoms with Gasteiger partial charge in [0.25, 0.3) is 11.8 Å². The quantitative estimate of drug-likeness (QED) is 0.654. The van der Waals surface area contributed by atoms with Crippen molar-refractivity contribution in [3.63, 3.8) is 0 Å². The minimum atomic E-state index is -0.794. The number of amides is 2. The van der Waals surface area contributed by atoms with Gasteiger partial charge >= 0.3 is 0 Å². The highest BCUT2D eigenvalue weighted by Crippen LogP contribution is 2.21. The predicted molar refractivity (Wildman–Crippen MR) is 99.0 cm³/mol. The Balaban J connectivity index is 1.92. The number of hydrogen-bond donors (Lipinski definition) is 2. The fourth-order valence-corrected chi connectivity index (χ4v) is 2.70. The van der Waals surface area contributed by atoms with Crippen LogP contribution in [0.1, 0.15) is 17.3 Å². The standard InChI is InChI=1S/C16H13Br2ClN2O3/c1-9(24-12-4-2-3-10(17)7-12)15(22)20-21-16(23)13-8-11(18)5-6-14(13)19/h2-9H,1H3,(H,20,22)(H,21,23). The van der Waals surface area contributed by atoms with E-state index in [1.54, 1.807) is 43.3 Å². The van der Waals surface area contributed by atoms with Crippen LogP contribution in [0, 0.1) is 0 Å². The van der Waals surface area contributed by atoms with E-state index in [0.29, 0.717) is 10.2 Å². The van der Waals surface area contributed by atoms with Gasteiger partial charge in [-0.1, -0.05) is 49.5 Å². The first-order valence-electron chi connectivity index (χ1n) is 6.84. The highest BCUT2D eigenvalue weighted by atomic mass is 79.9. The van der Waals surface area contributed by atoms with Crippen LogP contribution in [-0.2, 0) is 4.79 Å². The third kappa shape index (κ3) is 5.22. The average molecular weight is 477 g/mol. The van der Waals surface area contributed by atoms with Crippen LogP contribution in [0.4, 0.5) is 0 Å². The van der Waals surface area contributed by atoms with E-state index in [1.807, 2.05) is 6.07 Å². The summed E-state index contributed by atoms with van der Waals surface area (Å²) >= 11 is 12.6. The Kier molecular flexibility index (Phi) is 6.65. The number of rotatable bonds is 4. The van der Waals surface area contributed by atoms with Crippen molar-refractivity contribution in [3.05, 3.63) is 62.0 Å². The zero-order valence-corrected chi connectivity index (χ0v) is 16.4. The molecule has 2 aromatic rings. The van der Waals surface area contributed by atoms with Crippen LogP contribution in [-0.4, -0.2) is 17.9 Å². The van der Waals surface area contributed by atoms with E-state index >= 15 is 0 Å². The van der Waals surface area contributed by atoms with E-state index in [2.05, 4.69) is 42.7 Å². The SMILES string of the molecule is CC(Oc1cccc(Br)c1)C(=O)NNC(=O)c1cc(Br)ccc1Cl. The first-order valence-corrected chi connectivity index (χ1v) is 8.80. The molecule has 0 aliphatic rings. The summed E-state index contributed by atoms with van der Waals surface area (Å²) < 4.78 is 7.05. The normalized spacial score (nSPS) is 11.5. The summed E-state index contributed by atoms with van der Waals surface area (Å²) in [6.45, 7) is 1.58. The molecule has 0 aromatic heterocycles. The van der Waals surface area contributed by atoms with Crippen LogP contribution in [0.15, 0.2) is 51.4 Å². The third-order valence-electron chi connectivity index (χ3n) is 2.95. The van der Waals surface area contributed by atoms with Crippen LogP contribution >= 0.6 is 43.5 Å². The molecular weight excluding hydrogens is 463 g/mol. The first kappa shape index (κ1) is 18.8. The van der Waals surface area contributed by atoms with Crippen LogP contribution in [0.2, 0.25) is 5.02 Å². The molecule has 0 saturated carbocycles. The Hall–Kier alpha value is -1.57. The van der Waals surface area contributed by atoms with Crippen LogP contribution < -0.4 is 15.6 Å². The molecule has 2 aromatic carbocycles. The fraction of sp³-hybridized carbons (Fsp3) is 0.125. The van der Waals surface area contributed by atoms with E-state index in [0.717, 1.165) is 4.47 Å². The zero-order valence-electron chi connectivity index (χ0n) is 12.5. The molecule has 0 bridgehead atoms. The Morgan fingerprint density at radius 1 is 1.08 bits per heavy atom. The Bertz CT molecular complexity index is 771. The molecule has 2 N–H and O–H groups in total. The van der Waals surface area contributed by atoms with Gasteiger partial charge in [0.2, 0.25) is 0 Å². The summed E-state index contributed by atoms with van der Waals surface area (Å²) in [4.78, 5) is 24.1. The highest BCUT2D eigenvalue weighted by Gasteiger charge is 2.17. The maximum Gasteiger partial charge on any atom is 0.279 e. The summed E-state index contributed by atoms with van der Waals surface area (Å²) in [5.41, 5.74) is 4.87. The van der Waals surface area contributed by atoms with Gasteiger partial charge in [-0.3, -0.25) is 20.4 Å². The molecule has 1 unspecified atom stereocenters. The fourth-order valence-electron chi connectivity index (χ4n) is 1.76. The number of nitrogens with one attached hydrogen (secondary N) is 2. The van der Waals surface area contributed by atoms with E-state index < -0.39 is 17.9 Å².